The molecule has 0 amide bonds. The van der Waals surface area contributed by atoms with E-state index in [1.54, 1.807) is 0 Å². The van der Waals surface area contributed by atoms with E-state index in [0.29, 0.717) is 5.82 Å². The first-order chi connectivity index (χ1) is 28.7. The van der Waals surface area contributed by atoms with Crippen molar-refractivity contribution in [2.24, 2.45) is 0 Å². The van der Waals surface area contributed by atoms with Gasteiger partial charge in [0, 0.05) is 52.8 Å². The molecule has 0 saturated carbocycles. The largest absolute Gasteiger partial charge is 0.387 e. The van der Waals surface area contributed by atoms with Crippen molar-refractivity contribution < 1.29 is 0 Å². The number of benzene rings is 6. The molecule has 0 aliphatic carbocycles. The van der Waals surface area contributed by atoms with Gasteiger partial charge >= 0.3 is 0 Å². The summed E-state index contributed by atoms with van der Waals surface area (Å²) in [5.41, 5.74) is 16.6. The molecule has 4 heterocycles. The van der Waals surface area contributed by atoms with E-state index in [4.69, 9.17) is 9.97 Å². The van der Waals surface area contributed by atoms with Gasteiger partial charge in [-0.2, -0.15) is 0 Å². The number of aromatic nitrogens is 4. The molecule has 1 aliphatic rings. The Morgan fingerprint density at radius 2 is 0.931 bits per heavy atom. The van der Waals surface area contributed by atoms with Crippen LogP contribution in [0.4, 0.5) is 0 Å². The smallest absolute Gasteiger partial charge is 0.160 e. The number of nitrogens with zero attached hydrogens (tertiary/aromatic N) is 4. The maximum atomic E-state index is 5.34. The highest BCUT2D eigenvalue weighted by molar-refractivity contribution is 5.97. The minimum Gasteiger partial charge on any atom is -0.387 e. The Balaban J connectivity index is 1.09. The first-order valence-corrected chi connectivity index (χ1v) is 19.5. The number of fused-ring (bicyclic) bond motifs is 1. The lowest BCUT2D eigenvalue weighted by atomic mass is 9.93. The molecule has 0 saturated heterocycles. The van der Waals surface area contributed by atoms with Crippen LogP contribution in [0.5, 0.6) is 0 Å². The topological polar surface area (TPSA) is 63.6 Å². The third kappa shape index (κ3) is 7.09. The van der Waals surface area contributed by atoms with E-state index in [2.05, 4.69) is 161 Å². The van der Waals surface area contributed by atoms with Gasteiger partial charge in [-0.15, -0.1) is 0 Å². The molecule has 0 unspecified atom stereocenters. The normalized spacial score (nSPS) is 12.2. The molecular formula is C53H37N5. The summed E-state index contributed by atoms with van der Waals surface area (Å²) in [4.78, 5) is 19.9. The lowest BCUT2D eigenvalue weighted by Gasteiger charge is -2.15. The molecule has 0 bridgehead atoms. The van der Waals surface area contributed by atoms with Crippen LogP contribution in [0.2, 0.25) is 0 Å². The van der Waals surface area contributed by atoms with Crippen molar-refractivity contribution in [2.45, 2.75) is 0 Å². The van der Waals surface area contributed by atoms with E-state index in [1.165, 1.54) is 0 Å². The minimum atomic E-state index is 0.681. The molecule has 6 aromatic carbocycles. The fourth-order valence-corrected chi connectivity index (χ4v) is 7.64. The summed E-state index contributed by atoms with van der Waals surface area (Å²) >= 11 is 0. The van der Waals surface area contributed by atoms with Gasteiger partial charge in [0.05, 0.1) is 22.6 Å². The summed E-state index contributed by atoms with van der Waals surface area (Å²) in [5, 5.41) is 4.41. The molecule has 58 heavy (non-hydrogen) atoms. The van der Waals surface area contributed by atoms with Crippen molar-refractivity contribution in [3.05, 3.63) is 212 Å². The second-order valence-corrected chi connectivity index (χ2v) is 14.4. The Kier molecular flexibility index (Phi) is 9.22. The maximum Gasteiger partial charge on any atom is 0.160 e. The molecule has 0 atom stereocenters. The Morgan fingerprint density at radius 3 is 1.53 bits per heavy atom. The fourth-order valence-electron chi connectivity index (χ4n) is 7.64. The van der Waals surface area contributed by atoms with Gasteiger partial charge in [0.25, 0.3) is 0 Å². The Hall–Kier alpha value is -7.76. The first kappa shape index (κ1) is 34.7. The zero-order valence-electron chi connectivity index (χ0n) is 31.6. The van der Waals surface area contributed by atoms with Gasteiger partial charge in [0.15, 0.2) is 5.82 Å². The second kappa shape index (κ2) is 15.4. The number of allylic oxidation sites excluding steroid dienone is 2. The summed E-state index contributed by atoms with van der Waals surface area (Å²) in [6.45, 7) is 0.806. The lowest BCUT2D eigenvalue weighted by Crippen LogP contribution is -2.08. The van der Waals surface area contributed by atoms with Crippen LogP contribution in [0.1, 0.15) is 5.56 Å². The second-order valence-electron chi connectivity index (χ2n) is 14.4. The van der Waals surface area contributed by atoms with Crippen molar-refractivity contribution in [1.29, 1.82) is 0 Å². The molecule has 0 fully saturated rings. The lowest BCUT2D eigenvalue weighted by molar-refractivity contribution is 0.976. The van der Waals surface area contributed by atoms with E-state index in [0.717, 1.165) is 101 Å². The molecule has 0 radical (unpaired) electrons. The van der Waals surface area contributed by atoms with E-state index in [-0.39, 0.29) is 0 Å². The fraction of sp³-hybridized carbons (Fsp3) is 0.0189. The van der Waals surface area contributed by atoms with E-state index in [1.807, 2.05) is 60.9 Å². The molecule has 0 spiro atoms. The van der Waals surface area contributed by atoms with E-state index >= 15 is 0 Å². The van der Waals surface area contributed by atoms with Crippen LogP contribution < -0.4 is 5.32 Å². The molecular weight excluding hydrogens is 707 g/mol. The highest BCUT2D eigenvalue weighted by Crippen LogP contribution is 2.37. The highest BCUT2D eigenvalue weighted by atomic mass is 14.9. The molecule has 9 aromatic rings. The minimum absolute atomic E-state index is 0.681. The number of hydrogen-bond donors (Lipinski definition) is 1. The van der Waals surface area contributed by atoms with E-state index < -0.39 is 0 Å². The van der Waals surface area contributed by atoms with Crippen LogP contribution >= 0.6 is 0 Å². The number of pyridine rings is 2. The van der Waals surface area contributed by atoms with Gasteiger partial charge in [-0.25, -0.2) is 9.97 Å². The third-order valence-corrected chi connectivity index (χ3v) is 10.6. The van der Waals surface area contributed by atoms with Crippen molar-refractivity contribution in [3.63, 3.8) is 0 Å². The summed E-state index contributed by atoms with van der Waals surface area (Å²) < 4.78 is 0. The van der Waals surface area contributed by atoms with Crippen molar-refractivity contribution in [3.8, 4) is 78.5 Å². The van der Waals surface area contributed by atoms with Gasteiger partial charge in [-0.3, -0.25) is 9.97 Å². The van der Waals surface area contributed by atoms with Crippen molar-refractivity contribution in [1.82, 2.24) is 25.3 Å². The van der Waals surface area contributed by atoms with Crippen molar-refractivity contribution in [2.75, 3.05) is 6.54 Å². The molecule has 3 aromatic heterocycles. The zero-order chi connectivity index (χ0) is 38.7. The number of dihydropyridines is 1. The Bertz CT molecular complexity index is 2900. The molecule has 10 rings (SSSR count). The SMILES string of the molecule is C1=CC(c2cc(-c3ccc(-c4cc(-c5ccccn5)cc(-c5ccccn5)c4)cc3)cc(-c3nc(-c4ccccc4)c4cc(-c5ccccc5)ccc4n3)c2)=CNC1. The number of rotatable bonds is 8. The average Bonchev–Trinajstić information content (AvgIpc) is 3.32. The monoisotopic (exact) mass is 743 g/mol. The highest BCUT2D eigenvalue weighted by Gasteiger charge is 2.16. The molecule has 1 N–H and O–H groups in total. The van der Waals surface area contributed by atoms with Crippen molar-refractivity contribution >= 4 is 16.5 Å². The van der Waals surface area contributed by atoms with Gasteiger partial charge in [0.1, 0.15) is 0 Å². The Morgan fingerprint density at radius 1 is 0.397 bits per heavy atom. The molecule has 5 heteroatoms. The van der Waals surface area contributed by atoms with Crippen LogP contribution in [0.15, 0.2) is 207 Å². The zero-order valence-corrected chi connectivity index (χ0v) is 31.6. The van der Waals surface area contributed by atoms with Crippen LogP contribution in [-0.4, -0.2) is 26.5 Å². The standard InChI is InChI=1S/C53H37N5/c1-3-12-36(13-4-1)40-23-24-51-48(34-40)52(39-14-5-2-6-15-39)58-53(57-51)47-31-42(28-44(32-47)41-16-11-25-54-35-41)37-19-21-38(22-20-37)43-29-45(49-17-7-9-26-55-49)33-46(30-43)50-18-8-10-27-56-50/h1-24,26-35,54H,25H2. The quantitative estimate of drug-likeness (QED) is 0.168. The van der Waals surface area contributed by atoms with E-state index in [9.17, 15) is 0 Å². The van der Waals surface area contributed by atoms with Gasteiger partial charge in [0.2, 0.25) is 0 Å². The first-order valence-electron chi connectivity index (χ1n) is 19.5. The molecule has 1 aliphatic heterocycles. The average molecular weight is 744 g/mol. The summed E-state index contributed by atoms with van der Waals surface area (Å²) in [5.74, 6) is 0.681. The van der Waals surface area contributed by atoms with Gasteiger partial charge in [-0.05, 0) is 117 Å². The summed E-state index contributed by atoms with van der Waals surface area (Å²) in [6, 6.07) is 61.5. The summed E-state index contributed by atoms with van der Waals surface area (Å²) in [7, 11) is 0. The predicted molar refractivity (Wildman–Crippen MR) is 238 cm³/mol. The number of hydrogen-bond acceptors (Lipinski definition) is 5. The van der Waals surface area contributed by atoms with Crippen LogP contribution in [0.3, 0.4) is 0 Å². The molecule has 274 valence electrons. The third-order valence-electron chi connectivity index (χ3n) is 10.6. The molecule has 5 nitrogen and oxygen atoms in total. The van der Waals surface area contributed by atoms with Crippen LogP contribution in [0, 0.1) is 0 Å². The van der Waals surface area contributed by atoms with Gasteiger partial charge < -0.3 is 5.32 Å². The van der Waals surface area contributed by atoms with Crippen LogP contribution in [-0.2, 0) is 0 Å². The van der Waals surface area contributed by atoms with Gasteiger partial charge in [-0.1, -0.05) is 115 Å². The Labute approximate surface area is 337 Å². The van der Waals surface area contributed by atoms with Crippen LogP contribution in [0.25, 0.3) is 95.0 Å². The maximum absolute atomic E-state index is 5.34. The number of nitrogens with one attached hydrogen (secondary N) is 1. The predicted octanol–water partition coefficient (Wildman–Crippen LogP) is 12.6. The summed E-state index contributed by atoms with van der Waals surface area (Å²) in [6.07, 6.45) is 10.1.